The molecule has 1 unspecified atom stereocenters. The maximum absolute atomic E-state index is 4.97. The first-order valence-electron chi connectivity index (χ1n) is 14.2. The van der Waals surface area contributed by atoms with E-state index in [-0.39, 0.29) is 6.04 Å². The van der Waals surface area contributed by atoms with E-state index in [0.29, 0.717) is 0 Å². The topological polar surface area (TPSA) is 24.9 Å². The van der Waals surface area contributed by atoms with E-state index in [1.165, 1.54) is 22.3 Å². The minimum atomic E-state index is 0.0752. The van der Waals surface area contributed by atoms with Gasteiger partial charge >= 0.3 is 0 Å². The second-order valence-corrected chi connectivity index (χ2v) is 10.2. The summed E-state index contributed by atoms with van der Waals surface area (Å²) >= 11 is 0. The summed E-state index contributed by atoms with van der Waals surface area (Å²) in [5.74, 6) is 0. The van der Waals surface area contributed by atoms with Gasteiger partial charge in [0.05, 0.1) is 17.4 Å². The zero-order chi connectivity index (χ0) is 28.7. The standard InChI is InChI=1S/C40H32N2/c1-3-14-29(4-2)37-25-35(26-38(41-37)32-15-8-5-9-16-32)30-21-23-31(24-22-30)36-27-39(33-17-10-6-11-18-33)42-40(28-36)34-19-12-7-13-20-34/h3-28,39,42H,1-2H2/b29-14+. The Bertz CT molecular complexity index is 1790. The predicted molar refractivity (Wildman–Crippen MR) is 178 cm³/mol. The van der Waals surface area contributed by atoms with Crippen molar-refractivity contribution in [2.75, 3.05) is 0 Å². The lowest BCUT2D eigenvalue weighted by Gasteiger charge is -2.25. The van der Waals surface area contributed by atoms with E-state index in [4.69, 9.17) is 4.98 Å². The summed E-state index contributed by atoms with van der Waals surface area (Å²) in [7, 11) is 0. The molecule has 0 saturated carbocycles. The summed E-state index contributed by atoms with van der Waals surface area (Å²) in [5.41, 5.74) is 11.9. The van der Waals surface area contributed by atoms with Gasteiger partial charge in [0.1, 0.15) is 0 Å². The molecule has 42 heavy (non-hydrogen) atoms. The van der Waals surface area contributed by atoms with Gasteiger partial charge in [-0.3, -0.25) is 0 Å². The Morgan fingerprint density at radius 3 is 1.90 bits per heavy atom. The van der Waals surface area contributed by atoms with Crippen LogP contribution in [0.2, 0.25) is 0 Å². The molecule has 2 nitrogen and oxygen atoms in total. The molecule has 0 aliphatic carbocycles. The first-order valence-corrected chi connectivity index (χ1v) is 14.2. The van der Waals surface area contributed by atoms with Gasteiger partial charge in [0, 0.05) is 11.3 Å². The monoisotopic (exact) mass is 540 g/mol. The first kappa shape index (κ1) is 26.7. The van der Waals surface area contributed by atoms with Crippen LogP contribution in [0.4, 0.5) is 0 Å². The number of aromatic nitrogens is 1. The molecule has 5 aromatic rings. The van der Waals surface area contributed by atoms with Crippen molar-refractivity contribution in [2.24, 2.45) is 0 Å². The molecule has 0 fully saturated rings. The third-order valence-corrected chi connectivity index (χ3v) is 7.46. The summed E-state index contributed by atoms with van der Waals surface area (Å²) in [6, 6.07) is 44.6. The Balaban J connectivity index is 1.40. The van der Waals surface area contributed by atoms with Crippen LogP contribution in [-0.2, 0) is 0 Å². The van der Waals surface area contributed by atoms with Crippen molar-refractivity contribution in [1.82, 2.24) is 10.3 Å². The molecule has 6 rings (SSSR count). The molecule has 1 aliphatic heterocycles. The molecular formula is C40H32N2. The molecule has 0 saturated heterocycles. The van der Waals surface area contributed by atoms with Crippen molar-refractivity contribution >= 4 is 16.8 Å². The minimum Gasteiger partial charge on any atom is -0.374 e. The number of pyridine rings is 1. The molecule has 202 valence electrons. The number of dihydropyridines is 1. The van der Waals surface area contributed by atoms with Gasteiger partial charge in [-0.15, -0.1) is 0 Å². The lowest BCUT2D eigenvalue weighted by Crippen LogP contribution is -2.21. The van der Waals surface area contributed by atoms with Gasteiger partial charge in [0.25, 0.3) is 0 Å². The average molecular weight is 541 g/mol. The second kappa shape index (κ2) is 12.4. The van der Waals surface area contributed by atoms with E-state index in [1.54, 1.807) is 6.08 Å². The molecule has 0 amide bonds. The fraction of sp³-hybridized carbons (Fsp3) is 0.0250. The van der Waals surface area contributed by atoms with Crippen molar-refractivity contribution in [1.29, 1.82) is 0 Å². The lowest BCUT2D eigenvalue weighted by atomic mass is 9.92. The predicted octanol–water partition coefficient (Wildman–Crippen LogP) is 9.94. The molecule has 2 heterocycles. The van der Waals surface area contributed by atoms with E-state index < -0.39 is 0 Å². The van der Waals surface area contributed by atoms with Crippen LogP contribution >= 0.6 is 0 Å². The molecule has 0 bridgehead atoms. The number of nitrogens with one attached hydrogen (secondary N) is 1. The maximum Gasteiger partial charge on any atom is 0.0715 e. The fourth-order valence-electron chi connectivity index (χ4n) is 5.28. The van der Waals surface area contributed by atoms with Gasteiger partial charge in [-0.1, -0.05) is 147 Å². The third kappa shape index (κ3) is 5.84. The number of rotatable bonds is 8. The zero-order valence-electron chi connectivity index (χ0n) is 23.4. The van der Waals surface area contributed by atoms with Crippen molar-refractivity contribution in [3.63, 3.8) is 0 Å². The highest BCUT2D eigenvalue weighted by Gasteiger charge is 2.18. The van der Waals surface area contributed by atoms with Crippen LogP contribution in [0.25, 0.3) is 39.2 Å². The molecule has 1 N–H and O–H groups in total. The Labute approximate surface area is 248 Å². The Morgan fingerprint density at radius 2 is 1.26 bits per heavy atom. The number of hydrogen-bond acceptors (Lipinski definition) is 2. The van der Waals surface area contributed by atoms with Crippen LogP contribution in [0, 0.1) is 0 Å². The van der Waals surface area contributed by atoms with Crippen LogP contribution < -0.4 is 5.32 Å². The van der Waals surface area contributed by atoms with Crippen LogP contribution in [-0.4, -0.2) is 4.98 Å². The highest BCUT2D eigenvalue weighted by Crippen LogP contribution is 2.34. The van der Waals surface area contributed by atoms with Crippen LogP contribution in [0.5, 0.6) is 0 Å². The van der Waals surface area contributed by atoms with Gasteiger partial charge < -0.3 is 5.32 Å². The summed E-state index contributed by atoms with van der Waals surface area (Å²) in [4.78, 5) is 4.97. The zero-order valence-corrected chi connectivity index (χ0v) is 23.4. The van der Waals surface area contributed by atoms with Gasteiger partial charge in [-0.05, 0) is 63.2 Å². The van der Waals surface area contributed by atoms with Gasteiger partial charge in [-0.25, -0.2) is 4.98 Å². The van der Waals surface area contributed by atoms with Gasteiger partial charge in [0.2, 0.25) is 0 Å². The molecule has 0 spiro atoms. The summed E-state index contributed by atoms with van der Waals surface area (Å²) in [6.45, 7) is 7.88. The average Bonchev–Trinajstić information content (AvgIpc) is 3.08. The summed E-state index contributed by atoms with van der Waals surface area (Å²) in [5, 5.41) is 3.73. The van der Waals surface area contributed by atoms with E-state index in [2.05, 4.69) is 140 Å². The normalized spacial score (nSPS) is 14.8. The van der Waals surface area contributed by atoms with Crippen molar-refractivity contribution < 1.29 is 0 Å². The number of benzene rings is 4. The first-order chi connectivity index (χ1) is 20.7. The molecule has 1 aromatic heterocycles. The Morgan fingerprint density at radius 1 is 0.643 bits per heavy atom. The number of hydrogen-bond donors (Lipinski definition) is 1. The molecule has 0 radical (unpaired) electrons. The quantitative estimate of drug-likeness (QED) is 0.198. The summed E-state index contributed by atoms with van der Waals surface area (Å²) < 4.78 is 0. The maximum atomic E-state index is 4.97. The largest absolute Gasteiger partial charge is 0.374 e. The van der Waals surface area contributed by atoms with Crippen LogP contribution in [0.3, 0.4) is 0 Å². The van der Waals surface area contributed by atoms with E-state index in [0.717, 1.165) is 39.3 Å². The van der Waals surface area contributed by atoms with Crippen LogP contribution in [0.15, 0.2) is 171 Å². The molecule has 1 atom stereocenters. The van der Waals surface area contributed by atoms with Crippen molar-refractivity contribution in [2.45, 2.75) is 6.04 Å². The highest BCUT2D eigenvalue weighted by atomic mass is 14.9. The third-order valence-electron chi connectivity index (χ3n) is 7.46. The van der Waals surface area contributed by atoms with Crippen LogP contribution in [0.1, 0.15) is 28.4 Å². The van der Waals surface area contributed by atoms with Crippen molar-refractivity contribution in [3.8, 4) is 22.4 Å². The Kier molecular flexibility index (Phi) is 7.87. The van der Waals surface area contributed by atoms with E-state index >= 15 is 0 Å². The lowest BCUT2D eigenvalue weighted by molar-refractivity contribution is 0.767. The molecule has 1 aliphatic rings. The molecule has 2 heteroatoms. The minimum absolute atomic E-state index is 0.0752. The van der Waals surface area contributed by atoms with E-state index in [9.17, 15) is 0 Å². The second-order valence-electron chi connectivity index (χ2n) is 10.2. The Hall–Kier alpha value is -5.47. The number of allylic oxidation sites excluding steroid dienone is 6. The fourth-order valence-corrected chi connectivity index (χ4v) is 5.28. The summed E-state index contributed by atoms with van der Waals surface area (Å²) in [6.07, 6.45) is 10.1. The van der Waals surface area contributed by atoms with Crippen molar-refractivity contribution in [3.05, 3.63) is 193 Å². The highest BCUT2D eigenvalue weighted by molar-refractivity contribution is 5.87. The molecule has 4 aromatic carbocycles. The van der Waals surface area contributed by atoms with Gasteiger partial charge in [0.15, 0.2) is 0 Å². The SMILES string of the molecule is C=C/C=C(\C=C)c1cc(-c2ccc(C3=CC(c4ccccc4)NC(c4ccccc4)=C3)cc2)cc(-c2ccccc2)n1. The van der Waals surface area contributed by atoms with Gasteiger partial charge in [-0.2, -0.15) is 0 Å². The smallest absolute Gasteiger partial charge is 0.0715 e. The van der Waals surface area contributed by atoms with E-state index in [1.807, 2.05) is 30.4 Å². The number of nitrogens with zero attached hydrogens (tertiary/aromatic N) is 1. The molecular weight excluding hydrogens is 508 g/mol.